The molecule has 0 amide bonds. The average Bonchev–Trinajstić information content (AvgIpc) is 3.29. The van der Waals surface area contributed by atoms with Crippen LogP contribution in [0.15, 0.2) is 42.6 Å². The van der Waals surface area contributed by atoms with Crippen LogP contribution < -0.4 is 20.3 Å². The fourth-order valence-electron chi connectivity index (χ4n) is 4.20. The molecule has 2 fully saturated rings. The van der Waals surface area contributed by atoms with E-state index in [9.17, 15) is 4.39 Å². The number of benzene rings is 2. The second-order valence-corrected chi connectivity index (χ2v) is 7.97. The second-order valence-electron chi connectivity index (χ2n) is 7.97. The van der Waals surface area contributed by atoms with Crippen molar-refractivity contribution in [2.45, 2.75) is 31.8 Å². The first-order valence-electron chi connectivity index (χ1n) is 10.7. The van der Waals surface area contributed by atoms with E-state index < -0.39 is 0 Å². The van der Waals surface area contributed by atoms with E-state index in [4.69, 9.17) is 4.74 Å². The van der Waals surface area contributed by atoms with E-state index in [0.29, 0.717) is 11.6 Å². The first-order chi connectivity index (χ1) is 14.7. The lowest BCUT2D eigenvalue weighted by molar-refractivity contribution is 0.163. The van der Waals surface area contributed by atoms with Crippen molar-refractivity contribution in [2.24, 2.45) is 0 Å². The van der Waals surface area contributed by atoms with Crippen LogP contribution in [0.2, 0.25) is 0 Å². The van der Waals surface area contributed by atoms with Crippen molar-refractivity contribution in [1.82, 2.24) is 15.3 Å². The van der Waals surface area contributed by atoms with E-state index in [1.54, 1.807) is 12.1 Å². The summed E-state index contributed by atoms with van der Waals surface area (Å²) in [6.07, 6.45) is 6.46. The maximum atomic E-state index is 13.5. The fourth-order valence-corrected chi connectivity index (χ4v) is 4.20. The van der Waals surface area contributed by atoms with Gasteiger partial charge in [0.2, 0.25) is 5.95 Å². The van der Waals surface area contributed by atoms with Crippen LogP contribution in [0.5, 0.6) is 5.75 Å². The van der Waals surface area contributed by atoms with Crippen molar-refractivity contribution in [3.05, 3.63) is 48.4 Å². The summed E-state index contributed by atoms with van der Waals surface area (Å²) in [5.74, 6) is 1.04. The molecule has 0 saturated carbocycles. The Morgan fingerprint density at radius 3 is 2.73 bits per heavy atom. The summed E-state index contributed by atoms with van der Waals surface area (Å²) in [7, 11) is 0. The molecule has 0 atom stereocenters. The summed E-state index contributed by atoms with van der Waals surface area (Å²) in [5.41, 5.74) is 2.57. The summed E-state index contributed by atoms with van der Waals surface area (Å²) in [6, 6.07) is 10.5. The van der Waals surface area contributed by atoms with Crippen LogP contribution in [0, 0.1) is 5.82 Å². The van der Waals surface area contributed by atoms with Crippen LogP contribution in [-0.2, 0) is 0 Å². The number of nitrogens with zero attached hydrogens (tertiary/aromatic N) is 3. The predicted octanol–water partition coefficient (Wildman–Crippen LogP) is 4.24. The van der Waals surface area contributed by atoms with Gasteiger partial charge in [-0.3, -0.25) is 0 Å². The molecule has 1 aromatic heterocycles. The Kier molecular flexibility index (Phi) is 5.36. The molecule has 0 aliphatic carbocycles. The number of ether oxygens (including phenoxy) is 1. The molecule has 2 saturated heterocycles. The molecule has 3 aromatic rings. The second kappa shape index (κ2) is 8.44. The molecule has 0 radical (unpaired) electrons. The van der Waals surface area contributed by atoms with E-state index in [-0.39, 0.29) is 11.9 Å². The Balaban J connectivity index is 1.48. The Hall–Kier alpha value is -2.93. The maximum Gasteiger partial charge on any atom is 0.227 e. The quantitative estimate of drug-likeness (QED) is 0.660. The van der Waals surface area contributed by atoms with Crippen molar-refractivity contribution in [1.29, 1.82) is 0 Å². The first-order valence-corrected chi connectivity index (χ1v) is 10.7. The van der Waals surface area contributed by atoms with Gasteiger partial charge in [-0.2, -0.15) is 0 Å². The number of nitrogens with one attached hydrogen (secondary N) is 2. The maximum absolute atomic E-state index is 13.5. The topological polar surface area (TPSA) is 62.3 Å². The van der Waals surface area contributed by atoms with Crippen LogP contribution in [0.4, 0.5) is 21.7 Å². The number of anilines is 3. The normalized spacial score (nSPS) is 17.4. The third-order valence-electron chi connectivity index (χ3n) is 5.77. The van der Waals surface area contributed by atoms with Gasteiger partial charge < -0.3 is 20.3 Å². The van der Waals surface area contributed by atoms with Gasteiger partial charge in [0.05, 0.1) is 11.2 Å². The Bertz CT molecular complexity index is 1030. The number of fused-ring (bicyclic) bond motifs is 1. The molecule has 0 spiro atoms. The largest absolute Gasteiger partial charge is 0.488 e. The van der Waals surface area contributed by atoms with Gasteiger partial charge in [-0.15, -0.1) is 0 Å². The van der Waals surface area contributed by atoms with Crippen molar-refractivity contribution in [2.75, 3.05) is 36.4 Å². The number of aromatic nitrogens is 2. The minimum Gasteiger partial charge on any atom is -0.488 e. The van der Waals surface area contributed by atoms with Crippen molar-refractivity contribution >= 4 is 28.2 Å². The molecule has 2 aliphatic heterocycles. The van der Waals surface area contributed by atoms with Gasteiger partial charge in [-0.1, -0.05) is 6.07 Å². The van der Waals surface area contributed by atoms with E-state index in [0.717, 1.165) is 61.4 Å². The molecular weight excluding hydrogens is 381 g/mol. The average molecular weight is 407 g/mol. The molecule has 5 rings (SSSR count). The third-order valence-corrected chi connectivity index (χ3v) is 5.77. The monoisotopic (exact) mass is 407 g/mol. The summed E-state index contributed by atoms with van der Waals surface area (Å²) >= 11 is 0. The van der Waals surface area contributed by atoms with Crippen LogP contribution in [0.25, 0.3) is 10.9 Å². The van der Waals surface area contributed by atoms with Crippen LogP contribution >= 0.6 is 0 Å². The summed E-state index contributed by atoms with van der Waals surface area (Å²) < 4.78 is 20.0. The van der Waals surface area contributed by atoms with Gasteiger partial charge in [-0.25, -0.2) is 14.4 Å². The third kappa shape index (κ3) is 4.16. The summed E-state index contributed by atoms with van der Waals surface area (Å²) in [4.78, 5) is 11.5. The highest BCUT2D eigenvalue weighted by molar-refractivity contribution is 5.86. The van der Waals surface area contributed by atoms with E-state index in [1.807, 2.05) is 12.3 Å². The van der Waals surface area contributed by atoms with E-state index in [2.05, 4.69) is 31.6 Å². The lowest BCUT2D eigenvalue weighted by atomic mass is 10.1. The van der Waals surface area contributed by atoms with E-state index >= 15 is 0 Å². The van der Waals surface area contributed by atoms with Crippen molar-refractivity contribution in [3.63, 3.8) is 0 Å². The number of rotatable bonds is 5. The smallest absolute Gasteiger partial charge is 0.227 e. The molecule has 6 nitrogen and oxygen atoms in total. The van der Waals surface area contributed by atoms with Crippen molar-refractivity contribution in [3.8, 4) is 5.75 Å². The molecule has 2 N–H and O–H groups in total. The summed E-state index contributed by atoms with van der Waals surface area (Å²) in [5, 5.41) is 7.45. The Morgan fingerprint density at radius 2 is 1.93 bits per heavy atom. The lowest BCUT2D eigenvalue weighted by Gasteiger charge is -2.28. The molecule has 0 unspecified atom stereocenters. The number of hydrogen-bond acceptors (Lipinski definition) is 6. The Morgan fingerprint density at radius 1 is 1.10 bits per heavy atom. The molecule has 2 aliphatic rings. The van der Waals surface area contributed by atoms with Crippen LogP contribution in [0.3, 0.4) is 0 Å². The van der Waals surface area contributed by atoms with Gasteiger partial charge >= 0.3 is 0 Å². The molecule has 7 heteroatoms. The first kappa shape index (κ1) is 19.1. The number of hydrogen-bond donors (Lipinski definition) is 2. The highest BCUT2D eigenvalue weighted by Crippen LogP contribution is 2.36. The zero-order valence-electron chi connectivity index (χ0n) is 16.9. The molecule has 156 valence electrons. The minimum absolute atomic E-state index is 0.219. The molecular formula is C23H26FN5O. The molecule has 0 bridgehead atoms. The highest BCUT2D eigenvalue weighted by atomic mass is 19.1. The summed E-state index contributed by atoms with van der Waals surface area (Å²) in [6.45, 7) is 4.07. The molecule has 3 heterocycles. The molecule has 30 heavy (non-hydrogen) atoms. The van der Waals surface area contributed by atoms with Gasteiger partial charge in [0.25, 0.3) is 0 Å². The van der Waals surface area contributed by atoms with E-state index in [1.165, 1.54) is 25.0 Å². The number of halogens is 1. The zero-order valence-corrected chi connectivity index (χ0v) is 16.9. The van der Waals surface area contributed by atoms with Gasteiger partial charge in [0.1, 0.15) is 17.7 Å². The van der Waals surface area contributed by atoms with Crippen LogP contribution in [0.1, 0.15) is 25.7 Å². The van der Waals surface area contributed by atoms with Gasteiger partial charge in [0, 0.05) is 36.4 Å². The Labute approximate surface area is 175 Å². The van der Waals surface area contributed by atoms with Gasteiger partial charge in [0.15, 0.2) is 0 Å². The lowest BCUT2D eigenvalue weighted by Crippen LogP contribution is -2.34. The number of piperidine rings is 1. The van der Waals surface area contributed by atoms with Crippen molar-refractivity contribution < 1.29 is 9.13 Å². The van der Waals surface area contributed by atoms with Crippen LogP contribution in [-0.4, -0.2) is 42.3 Å². The van der Waals surface area contributed by atoms with Gasteiger partial charge in [-0.05, 0) is 63.0 Å². The standard InChI is InChI=1S/C23H26FN5O/c24-17-4-3-5-18(13-17)27-23-26-15-16-12-21(29-10-1-2-11-29)22(14-20(16)28-23)30-19-6-8-25-9-7-19/h3-5,12-15,19,25H,1-2,6-11H2,(H,26,27,28). The molecule has 2 aromatic carbocycles. The predicted molar refractivity (Wildman–Crippen MR) is 117 cm³/mol. The fraction of sp³-hybridized carbons (Fsp3) is 0.391. The highest BCUT2D eigenvalue weighted by Gasteiger charge is 2.22. The SMILES string of the molecule is Fc1cccc(Nc2ncc3cc(N4CCCC4)c(OC4CCNCC4)cc3n2)c1. The zero-order chi connectivity index (χ0) is 20.3. The minimum atomic E-state index is -0.297.